The van der Waals surface area contributed by atoms with Gasteiger partial charge in [-0.05, 0) is 36.8 Å². The maximum atomic E-state index is 9.36. The molecule has 0 radical (unpaired) electrons. The first kappa shape index (κ1) is 13.1. The summed E-state index contributed by atoms with van der Waals surface area (Å²) < 4.78 is 0. The number of benzene rings is 2. The maximum Gasteiger partial charge on any atom is 0.134 e. The van der Waals surface area contributed by atoms with Crippen molar-refractivity contribution in [1.82, 2.24) is 0 Å². The lowest BCUT2D eigenvalue weighted by Gasteiger charge is -2.17. The van der Waals surface area contributed by atoms with Crippen LogP contribution >= 0.6 is 23.2 Å². The fourth-order valence-electron chi connectivity index (χ4n) is 1.75. The van der Waals surface area contributed by atoms with E-state index in [2.05, 4.69) is 5.32 Å². The first-order chi connectivity index (χ1) is 8.58. The summed E-state index contributed by atoms with van der Waals surface area (Å²) in [7, 11) is 0. The number of rotatable bonds is 3. The third kappa shape index (κ3) is 2.89. The first-order valence-electron chi connectivity index (χ1n) is 5.57. The molecule has 2 N–H and O–H groups in total. The molecule has 0 saturated carbocycles. The topological polar surface area (TPSA) is 32.3 Å². The number of aromatic hydroxyl groups is 1. The van der Waals surface area contributed by atoms with Gasteiger partial charge in [-0.1, -0.05) is 41.4 Å². The minimum absolute atomic E-state index is 0.0549. The highest BCUT2D eigenvalue weighted by atomic mass is 35.5. The molecule has 2 aromatic carbocycles. The van der Waals surface area contributed by atoms with Crippen molar-refractivity contribution in [3.05, 3.63) is 58.1 Å². The van der Waals surface area contributed by atoms with Crippen LogP contribution in [0.3, 0.4) is 0 Å². The molecule has 0 spiro atoms. The minimum atomic E-state index is 0.0549. The zero-order valence-electron chi connectivity index (χ0n) is 9.82. The summed E-state index contributed by atoms with van der Waals surface area (Å²) in [6.07, 6.45) is 0. The fourth-order valence-corrected chi connectivity index (χ4v) is 2.23. The van der Waals surface area contributed by atoms with Crippen molar-refractivity contribution in [3.8, 4) is 5.75 Å². The molecule has 2 nitrogen and oxygen atoms in total. The van der Waals surface area contributed by atoms with Crippen LogP contribution in [-0.4, -0.2) is 5.11 Å². The van der Waals surface area contributed by atoms with Crippen molar-refractivity contribution in [2.75, 3.05) is 5.32 Å². The predicted octanol–water partition coefficient (Wildman–Crippen LogP) is 4.87. The zero-order chi connectivity index (χ0) is 13.1. The summed E-state index contributed by atoms with van der Waals surface area (Å²) in [6, 6.07) is 12.8. The average Bonchev–Trinajstić information content (AvgIpc) is 2.34. The summed E-state index contributed by atoms with van der Waals surface area (Å²) in [5.41, 5.74) is 1.86. The third-order valence-corrected chi connectivity index (χ3v) is 3.35. The van der Waals surface area contributed by atoms with Crippen LogP contribution < -0.4 is 5.32 Å². The maximum absolute atomic E-state index is 9.36. The molecule has 18 heavy (non-hydrogen) atoms. The van der Waals surface area contributed by atoms with Gasteiger partial charge in [-0.15, -0.1) is 0 Å². The number of phenolic OH excluding ortho intramolecular Hbond substituents is 1. The molecule has 2 rings (SSSR count). The first-order valence-corrected chi connectivity index (χ1v) is 6.33. The lowest BCUT2D eigenvalue weighted by Crippen LogP contribution is -2.06. The van der Waals surface area contributed by atoms with E-state index in [4.69, 9.17) is 23.2 Å². The van der Waals surface area contributed by atoms with E-state index in [1.807, 2.05) is 31.2 Å². The molecule has 0 aliphatic heterocycles. The van der Waals surface area contributed by atoms with Crippen LogP contribution in [0.4, 0.5) is 5.69 Å². The summed E-state index contributed by atoms with van der Waals surface area (Å²) >= 11 is 12.0. The molecule has 4 heteroatoms. The van der Waals surface area contributed by atoms with Crippen molar-refractivity contribution >= 4 is 28.9 Å². The monoisotopic (exact) mass is 281 g/mol. The lowest BCUT2D eigenvalue weighted by atomic mass is 10.1. The number of anilines is 1. The van der Waals surface area contributed by atoms with Crippen LogP contribution in [0.2, 0.25) is 10.0 Å². The number of phenols is 1. The predicted molar refractivity (Wildman–Crippen MR) is 76.6 cm³/mol. The van der Waals surface area contributed by atoms with Gasteiger partial charge in [0.05, 0.1) is 5.02 Å². The van der Waals surface area contributed by atoms with E-state index in [9.17, 15) is 5.11 Å². The van der Waals surface area contributed by atoms with E-state index in [0.717, 1.165) is 16.3 Å². The number of hydrogen-bond acceptors (Lipinski definition) is 2. The van der Waals surface area contributed by atoms with Gasteiger partial charge in [0.2, 0.25) is 0 Å². The number of hydrogen-bond donors (Lipinski definition) is 2. The average molecular weight is 282 g/mol. The van der Waals surface area contributed by atoms with E-state index in [0.29, 0.717) is 5.02 Å². The van der Waals surface area contributed by atoms with Gasteiger partial charge in [0.1, 0.15) is 5.75 Å². The van der Waals surface area contributed by atoms with Gasteiger partial charge in [-0.3, -0.25) is 0 Å². The molecular formula is C14H13Cl2NO. The normalized spacial score (nSPS) is 12.2. The highest BCUT2D eigenvalue weighted by Crippen LogP contribution is 2.30. The van der Waals surface area contributed by atoms with Gasteiger partial charge >= 0.3 is 0 Å². The second kappa shape index (κ2) is 5.51. The molecule has 94 valence electrons. The van der Waals surface area contributed by atoms with Crippen molar-refractivity contribution < 1.29 is 5.11 Å². The summed E-state index contributed by atoms with van der Waals surface area (Å²) in [5, 5.41) is 13.7. The van der Waals surface area contributed by atoms with Gasteiger partial charge in [0.25, 0.3) is 0 Å². The van der Waals surface area contributed by atoms with Crippen LogP contribution in [0, 0.1) is 0 Å². The second-order valence-electron chi connectivity index (χ2n) is 4.05. The van der Waals surface area contributed by atoms with Crippen molar-refractivity contribution in [3.63, 3.8) is 0 Å². The summed E-state index contributed by atoms with van der Waals surface area (Å²) in [5.74, 6) is 0.0765. The zero-order valence-corrected chi connectivity index (χ0v) is 11.3. The Kier molecular flexibility index (Phi) is 4.00. The highest BCUT2D eigenvalue weighted by molar-refractivity contribution is 6.32. The van der Waals surface area contributed by atoms with Gasteiger partial charge in [-0.25, -0.2) is 0 Å². The van der Waals surface area contributed by atoms with Crippen LogP contribution in [-0.2, 0) is 0 Å². The SMILES string of the molecule is CC(Nc1ccc(O)c(Cl)c1)c1ccccc1Cl. The molecule has 0 aliphatic carbocycles. The number of halogens is 2. The van der Waals surface area contributed by atoms with Crippen LogP contribution in [0.5, 0.6) is 5.75 Å². The van der Waals surface area contributed by atoms with Crippen molar-refractivity contribution in [1.29, 1.82) is 0 Å². The fraction of sp³-hybridized carbons (Fsp3) is 0.143. The summed E-state index contributed by atoms with van der Waals surface area (Å²) in [6.45, 7) is 2.02. The molecular weight excluding hydrogens is 269 g/mol. The van der Waals surface area contributed by atoms with E-state index in [1.54, 1.807) is 18.2 Å². The van der Waals surface area contributed by atoms with Crippen LogP contribution in [0.15, 0.2) is 42.5 Å². The van der Waals surface area contributed by atoms with E-state index >= 15 is 0 Å². The van der Waals surface area contributed by atoms with E-state index in [1.165, 1.54) is 0 Å². The van der Waals surface area contributed by atoms with E-state index in [-0.39, 0.29) is 11.8 Å². The number of nitrogens with one attached hydrogen (secondary N) is 1. The molecule has 0 saturated heterocycles. The third-order valence-electron chi connectivity index (χ3n) is 2.70. The Morgan fingerprint density at radius 2 is 1.78 bits per heavy atom. The van der Waals surface area contributed by atoms with Gasteiger partial charge < -0.3 is 10.4 Å². The van der Waals surface area contributed by atoms with Crippen LogP contribution in [0.25, 0.3) is 0 Å². The summed E-state index contributed by atoms with van der Waals surface area (Å²) in [4.78, 5) is 0. The highest BCUT2D eigenvalue weighted by Gasteiger charge is 2.09. The molecule has 1 unspecified atom stereocenters. The van der Waals surface area contributed by atoms with Crippen molar-refractivity contribution in [2.45, 2.75) is 13.0 Å². The standard InChI is InChI=1S/C14H13Cl2NO/c1-9(11-4-2-3-5-12(11)15)17-10-6-7-14(18)13(16)8-10/h2-9,17-18H,1H3. The lowest BCUT2D eigenvalue weighted by molar-refractivity contribution is 0.475. The molecule has 0 amide bonds. The quantitative estimate of drug-likeness (QED) is 0.787. The van der Waals surface area contributed by atoms with Crippen LogP contribution in [0.1, 0.15) is 18.5 Å². The van der Waals surface area contributed by atoms with E-state index < -0.39 is 0 Å². The van der Waals surface area contributed by atoms with Gasteiger partial charge in [0.15, 0.2) is 0 Å². The Labute approximate surface area is 116 Å². The molecule has 2 aromatic rings. The Morgan fingerprint density at radius 3 is 2.44 bits per heavy atom. The molecule has 0 bridgehead atoms. The van der Waals surface area contributed by atoms with Gasteiger partial charge in [0, 0.05) is 16.8 Å². The smallest absolute Gasteiger partial charge is 0.134 e. The van der Waals surface area contributed by atoms with Crippen molar-refractivity contribution in [2.24, 2.45) is 0 Å². The largest absolute Gasteiger partial charge is 0.506 e. The Morgan fingerprint density at radius 1 is 1.06 bits per heavy atom. The molecule has 0 fully saturated rings. The van der Waals surface area contributed by atoms with Gasteiger partial charge in [-0.2, -0.15) is 0 Å². The Bertz CT molecular complexity index is 557. The Balaban J connectivity index is 2.19. The second-order valence-corrected chi connectivity index (χ2v) is 4.87. The molecule has 0 aromatic heterocycles. The minimum Gasteiger partial charge on any atom is -0.506 e. The molecule has 0 aliphatic rings. The Hall–Kier alpha value is -1.38. The molecule has 1 atom stereocenters. The molecule has 0 heterocycles.